The van der Waals surface area contributed by atoms with E-state index in [-0.39, 0.29) is 5.69 Å². The number of carboxylic acids is 1. The Bertz CT molecular complexity index is 620. The van der Waals surface area contributed by atoms with Crippen LogP contribution in [0.3, 0.4) is 0 Å². The highest BCUT2D eigenvalue weighted by Gasteiger charge is 2.39. The number of fused-ring (bicyclic) bond motifs is 1. The molecule has 0 saturated carbocycles. The summed E-state index contributed by atoms with van der Waals surface area (Å²) in [5, 5.41) is 10.6. The Morgan fingerprint density at radius 1 is 1.41 bits per heavy atom. The summed E-state index contributed by atoms with van der Waals surface area (Å²) in [7, 11) is -4.23. The van der Waals surface area contributed by atoms with Gasteiger partial charge in [-0.15, -0.1) is 0 Å². The molecule has 2 rings (SSSR count). The van der Waals surface area contributed by atoms with E-state index in [1.54, 1.807) is 0 Å². The monoisotopic (exact) mass is 255 g/mol. The van der Waals surface area contributed by atoms with E-state index in [0.29, 0.717) is 0 Å². The first-order valence-corrected chi connectivity index (χ1v) is 6.26. The zero-order chi connectivity index (χ0) is 12.8. The minimum absolute atomic E-state index is 0.150. The van der Waals surface area contributed by atoms with Gasteiger partial charge in [0.05, 0.1) is 17.3 Å². The van der Waals surface area contributed by atoms with Gasteiger partial charge in [0.15, 0.2) is 0 Å². The topological polar surface area (TPSA) is 101 Å². The molecule has 17 heavy (non-hydrogen) atoms. The van der Waals surface area contributed by atoms with E-state index in [2.05, 4.69) is 5.32 Å². The standard InChI is InChI=1S/C10H9NO5S/c1-5-10(14)17(15,16)8-6(9(12)13)3-2-4-7(8)11-5/h2-5,11H,1H3,(H,12,13). The Hall–Kier alpha value is -1.89. The predicted octanol–water partition coefficient (Wildman–Crippen LogP) is 0.499. The minimum Gasteiger partial charge on any atom is -0.478 e. The van der Waals surface area contributed by atoms with Crippen molar-refractivity contribution in [1.82, 2.24) is 0 Å². The normalized spacial score (nSPS) is 21.5. The van der Waals surface area contributed by atoms with Crippen molar-refractivity contribution < 1.29 is 23.1 Å². The molecule has 2 N–H and O–H groups in total. The molecule has 1 aromatic rings. The van der Waals surface area contributed by atoms with Crippen molar-refractivity contribution in [2.24, 2.45) is 0 Å². The van der Waals surface area contributed by atoms with Gasteiger partial charge in [-0.25, -0.2) is 13.2 Å². The molecule has 1 atom stereocenters. The number of benzene rings is 1. The van der Waals surface area contributed by atoms with Gasteiger partial charge in [0.1, 0.15) is 4.90 Å². The van der Waals surface area contributed by atoms with E-state index in [4.69, 9.17) is 5.11 Å². The van der Waals surface area contributed by atoms with Crippen LogP contribution in [0.25, 0.3) is 0 Å². The third-order valence-corrected chi connectivity index (χ3v) is 4.37. The molecular weight excluding hydrogens is 246 g/mol. The second-order valence-corrected chi connectivity index (χ2v) is 5.49. The zero-order valence-electron chi connectivity index (χ0n) is 8.80. The van der Waals surface area contributed by atoms with Crippen molar-refractivity contribution >= 4 is 26.6 Å². The molecule has 0 fully saturated rings. The van der Waals surface area contributed by atoms with Crippen LogP contribution >= 0.6 is 0 Å². The highest BCUT2D eigenvalue weighted by Crippen LogP contribution is 2.32. The lowest BCUT2D eigenvalue weighted by molar-refractivity contribution is -0.112. The molecule has 0 aromatic heterocycles. The average Bonchev–Trinajstić information content (AvgIpc) is 2.25. The van der Waals surface area contributed by atoms with Gasteiger partial charge < -0.3 is 10.4 Å². The quantitative estimate of drug-likeness (QED) is 0.757. The molecule has 0 saturated heterocycles. The van der Waals surface area contributed by atoms with Crippen molar-refractivity contribution in [1.29, 1.82) is 0 Å². The van der Waals surface area contributed by atoms with Crippen LogP contribution < -0.4 is 5.32 Å². The summed E-state index contributed by atoms with van der Waals surface area (Å²) in [4.78, 5) is 22.0. The number of rotatable bonds is 1. The molecule has 0 amide bonds. The van der Waals surface area contributed by atoms with Crippen molar-refractivity contribution in [3.63, 3.8) is 0 Å². The van der Waals surface area contributed by atoms with Crippen molar-refractivity contribution in [3.8, 4) is 0 Å². The summed E-state index contributed by atoms with van der Waals surface area (Å²) in [6, 6.07) is 3.13. The summed E-state index contributed by atoms with van der Waals surface area (Å²) >= 11 is 0. The first-order chi connectivity index (χ1) is 7.85. The number of anilines is 1. The lowest BCUT2D eigenvalue weighted by Crippen LogP contribution is -2.38. The molecule has 6 nitrogen and oxygen atoms in total. The lowest BCUT2D eigenvalue weighted by Gasteiger charge is -2.23. The third kappa shape index (κ3) is 1.59. The maximum Gasteiger partial charge on any atom is 0.337 e. The molecule has 90 valence electrons. The Balaban J connectivity index is 2.83. The molecule has 1 unspecified atom stereocenters. The molecule has 0 radical (unpaired) electrons. The molecule has 0 spiro atoms. The first kappa shape index (κ1) is 11.6. The second-order valence-electron chi connectivity index (χ2n) is 3.68. The number of hydrogen-bond acceptors (Lipinski definition) is 5. The van der Waals surface area contributed by atoms with Gasteiger partial charge in [-0.3, -0.25) is 4.79 Å². The highest BCUT2D eigenvalue weighted by molar-refractivity contribution is 8.06. The lowest BCUT2D eigenvalue weighted by atomic mass is 10.2. The number of carbonyl (C=O) groups excluding carboxylic acids is 1. The summed E-state index contributed by atoms with van der Waals surface area (Å²) in [6.45, 7) is 1.41. The van der Waals surface area contributed by atoms with Crippen molar-refractivity contribution in [2.45, 2.75) is 17.9 Å². The third-order valence-electron chi connectivity index (χ3n) is 2.50. The number of carbonyl (C=O) groups is 2. The molecule has 0 aliphatic carbocycles. The Morgan fingerprint density at radius 3 is 2.65 bits per heavy atom. The van der Waals surface area contributed by atoms with Gasteiger partial charge in [-0.05, 0) is 19.1 Å². The number of aromatic carboxylic acids is 1. The number of nitrogens with one attached hydrogen (secondary N) is 1. The van der Waals surface area contributed by atoms with Crippen molar-refractivity contribution in [2.75, 3.05) is 5.32 Å². The summed E-state index contributed by atoms with van der Waals surface area (Å²) in [5.41, 5.74) is -0.243. The number of hydrogen-bond donors (Lipinski definition) is 2. The Kier molecular flexibility index (Phi) is 2.43. The highest BCUT2D eigenvalue weighted by atomic mass is 32.2. The van der Waals surface area contributed by atoms with Crippen molar-refractivity contribution in [3.05, 3.63) is 23.8 Å². The fourth-order valence-electron chi connectivity index (χ4n) is 1.73. The molecule has 7 heteroatoms. The SMILES string of the molecule is CC1Nc2cccc(C(=O)O)c2S(=O)(=O)C1=O. The van der Waals surface area contributed by atoms with Crippen LogP contribution in [0.5, 0.6) is 0 Å². The first-order valence-electron chi connectivity index (χ1n) is 4.77. The summed E-state index contributed by atoms with van der Waals surface area (Å²) in [6.07, 6.45) is 0. The summed E-state index contributed by atoms with van der Waals surface area (Å²) < 4.78 is 23.8. The van der Waals surface area contributed by atoms with E-state index in [9.17, 15) is 18.0 Å². The van der Waals surface area contributed by atoms with Gasteiger partial charge in [0.25, 0.3) is 5.12 Å². The fourth-order valence-corrected chi connectivity index (χ4v) is 3.32. The average molecular weight is 255 g/mol. The van der Waals surface area contributed by atoms with E-state index in [0.717, 1.165) is 6.07 Å². The minimum atomic E-state index is -4.23. The Morgan fingerprint density at radius 2 is 2.06 bits per heavy atom. The van der Waals surface area contributed by atoms with Crippen LogP contribution in [0.1, 0.15) is 17.3 Å². The van der Waals surface area contributed by atoms with Gasteiger partial charge >= 0.3 is 5.97 Å². The fraction of sp³-hybridized carbons (Fsp3) is 0.200. The van der Waals surface area contributed by atoms with Gasteiger partial charge in [0, 0.05) is 0 Å². The van der Waals surface area contributed by atoms with Gasteiger partial charge in [0.2, 0.25) is 9.84 Å². The van der Waals surface area contributed by atoms with E-state index in [1.165, 1.54) is 19.1 Å². The Labute approximate surface area is 97.2 Å². The maximum absolute atomic E-state index is 11.9. The maximum atomic E-state index is 11.9. The van der Waals surface area contributed by atoms with Crippen LogP contribution in [-0.4, -0.2) is 30.7 Å². The van der Waals surface area contributed by atoms with Gasteiger partial charge in [-0.2, -0.15) is 0 Å². The molecular formula is C10H9NO5S. The molecule has 1 aliphatic heterocycles. The zero-order valence-corrected chi connectivity index (χ0v) is 9.61. The van der Waals surface area contributed by atoms with E-state index in [1.807, 2.05) is 0 Å². The molecule has 1 aliphatic rings. The number of carboxylic acid groups (broad SMARTS) is 1. The van der Waals surface area contributed by atoms with Crippen LogP contribution in [0, 0.1) is 0 Å². The second kappa shape index (κ2) is 3.56. The summed E-state index contributed by atoms with van der Waals surface area (Å²) in [5.74, 6) is -1.38. The van der Waals surface area contributed by atoms with Crippen LogP contribution in [-0.2, 0) is 14.6 Å². The van der Waals surface area contributed by atoms with Gasteiger partial charge in [-0.1, -0.05) is 6.07 Å². The molecule has 0 bridgehead atoms. The van der Waals surface area contributed by atoms with E-state index < -0.39 is 37.4 Å². The molecule has 1 aromatic carbocycles. The largest absolute Gasteiger partial charge is 0.478 e. The number of sulfone groups is 1. The smallest absolute Gasteiger partial charge is 0.337 e. The van der Waals surface area contributed by atoms with Crippen LogP contribution in [0.15, 0.2) is 23.1 Å². The van der Waals surface area contributed by atoms with Crippen LogP contribution in [0.2, 0.25) is 0 Å². The van der Waals surface area contributed by atoms with Crippen LogP contribution in [0.4, 0.5) is 5.69 Å². The molecule has 1 heterocycles. The van der Waals surface area contributed by atoms with E-state index >= 15 is 0 Å². The predicted molar refractivity (Wildman–Crippen MR) is 58.7 cm³/mol.